The second-order valence-electron chi connectivity index (χ2n) is 8.07. The van der Waals surface area contributed by atoms with Crippen molar-refractivity contribution in [3.05, 3.63) is 41.2 Å². The zero-order valence-corrected chi connectivity index (χ0v) is 15.8. The van der Waals surface area contributed by atoms with Crippen molar-refractivity contribution in [2.45, 2.75) is 40.0 Å². The van der Waals surface area contributed by atoms with Crippen LogP contribution in [0.2, 0.25) is 0 Å². The van der Waals surface area contributed by atoms with Gasteiger partial charge in [0.1, 0.15) is 0 Å². The number of nitrogens with one attached hydrogen (secondary N) is 1. The smallest absolute Gasteiger partial charge is 0.0722 e. The summed E-state index contributed by atoms with van der Waals surface area (Å²) < 4.78 is 0. The van der Waals surface area contributed by atoms with E-state index in [-0.39, 0.29) is 5.41 Å². The Hall–Kier alpha value is -2.36. The second-order valence-corrected chi connectivity index (χ2v) is 8.07. The number of rotatable bonds is 2. The fraction of sp³-hybridized carbons (Fsp3) is 0.429. The minimum absolute atomic E-state index is 0.180. The van der Waals surface area contributed by atoms with Crippen LogP contribution in [-0.4, -0.2) is 34.8 Å². The molecule has 4 heteroatoms. The number of aromatic amines is 1. The van der Waals surface area contributed by atoms with Crippen molar-refractivity contribution >= 4 is 27.5 Å². The highest BCUT2D eigenvalue weighted by Gasteiger charge is 2.33. The van der Waals surface area contributed by atoms with E-state index in [1.165, 1.54) is 38.8 Å². The zero-order valence-electron chi connectivity index (χ0n) is 15.8. The molecule has 0 atom stereocenters. The van der Waals surface area contributed by atoms with Gasteiger partial charge in [0.25, 0.3) is 0 Å². The summed E-state index contributed by atoms with van der Waals surface area (Å²) in [5.74, 6) is 0. The Morgan fingerprint density at radius 1 is 1.20 bits per heavy atom. The Labute approximate surface area is 148 Å². The number of nitrogens with zero attached hydrogens (tertiary/aromatic N) is 3. The Balaban J connectivity index is 2.13. The summed E-state index contributed by atoms with van der Waals surface area (Å²) in [6.07, 6.45) is 2.90. The molecule has 1 aliphatic rings. The highest BCUT2D eigenvalue weighted by molar-refractivity contribution is 6.18. The first-order valence-electron chi connectivity index (χ1n) is 9.07. The molecule has 0 aliphatic heterocycles. The number of para-hydroxylation sites is 1. The first-order chi connectivity index (χ1) is 11.9. The van der Waals surface area contributed by atoms with E-state index < -0.39 is 0 Å². The van der Waals surface area contributed by atoms with E-state index in [2.05, 4.69) is 50.0 Å². The summed E-state index contributed by atoms with van der Waals surface area (Å²) in [6, 6.07) is 8.53. The molecule has 0 radical (unpaired) electrons. The third-order valence-corrected chi connectivity index (χ3v) is 5.04. The number of hydrogen-bond acceptors (Lipinski definition) is 3. The van der Waals surface area contributed by atoms with Crippen LogP contribution >= 0.6 is 0 Å². The zero-order chi connectivity index (χ0) is 17.8. The van der Waals surface area contributed by atoms with Gasteiger partial charge in [0.05, 0.1) is 22.6 Å². The molecule has 0 spiro atoms. The molecule has 0 fully saturated rings. The van der Waals surface area contributed by atoms with Gasteiger partial charge in [-0.05, 0) is 30.7 Å². The predicted molar refractivity (Wildman–Crippen MR) is 105 cm³/mol. The quantitative estimate of drug-likeness (QED) is 0.700. The molecule has 0 amide bonds. The topological polar surface area (TPSA) is 44.3 Å². The molecule has 2 aromatic heterocycles. The fourth-order valence-corrected chi connectivity index (χ4v) is 4.13. The van der Waals surface area contributed by atoms with Crippen molar-refractivity contribution in [3.63, 3.8) is 0 Å². The molecule has 0 saturated heterocycles. The summed E-state index contributed by atoms with van der Waals surface area (Å²) in [4.78, 5) is 8.79. The Bertz CT molecular complexity index is 992. The second kappa shape index (κ2) is 5.58. The third kappa shape index (κ3) is 2.60. The standard InChI is InChI=1S/C21H26N4/c1-6-14-18-13-9-7-8-10-15(13)23-20(18)19-16(22-14)11-21(2,3)12-17(19)24-25(4)5/h7-10,23H,6,11-12H2,1-5H3/b24-17-. The predicted octanol–water partition coefficient (Wildman–Crippen LogP) is 4.52. The molecule has 130 valence electrons. The van der Waals surface area contributed by atoms with Crippen molar-refractivity contribution in [2.75, 3.05) is 14.1 Å². The molecule has 4 nitrogen and oxygen atoms in total. The lowest BCUT2D eigenvalue weighted by Crippen LogP contribution is -2.30. The summed E-state index contributed by atoms with van der Waals surface area (Å²) in [5.41, 5.74) is 7.30. The van der Waals surface area contributed by atoms with E-state index in [1.807, 2.05) is 19.1 Å². The van der Waals surface area contributed by atoms with E-state index >= 15 is 0 Å². The maximum atomic E-state index is 5.12. The van der Waals surface area contributed by atoms with E-state index in [0.29, 0.717) is 0 Å². The molecule has 0 bridgehead atoms. The molecule has 25 heavy (non-hydrogen) atoms. The van der Waals surface area contributed by atoms with E-state index in [1.54, 1.807) is 0 Å². The summed E-state index contributed by atoms with van der Waals surface area (Å²) in [6.45, 7) is 6.81. The van der Waals surface area contributed by atoms with E-state index in [4.69, 9.17) is 10.1 Å². The van der Waals surface area contributed by atoms with Gasteiger partial charge in [-0.1, -0.05) is 39.0 Å². The van der Waals surface area contributed by atoms with E-state index in [0.717, 1.165) is 25.0 Å². The van der Waals surface area contributed by atoms with Gasteiger partial charge in [-0.2, -0.15) is 5.10 Å². The van der Waals surface area contributed by atoms with Crippen molar-refractivity contribution in [2.24, 2.45) is 10.5 Å². The van der Waals surface area contributed by atoms with Gasteiger partial charge in [-0.15, -0.1) is 0 Å². The minimum Gasteiger partial charge on any atom is -0.354 e. The normalized spacial score (nSPS) is 18.0. The SMILES string of the molecule is CCc1nc2c(c3[nH]c4ccccc4c13)/C(=N\N(C)C)CC(C)(C)C2. The van der Waals surface area contributed by atoms with Crippen LogP contribution in [0.1, 0.15) is 44.1 Å². The Morgan fingerprint density at radius 2 is 1.96 bits per heavy atom. The number of hydrogen-bond donors (Lipinski definition) is 1. The molecule has 2 heterocycles. The molecule has 1 aromatic carbocycles. The average Bonchev–Trinajstić information content (AvgIpc) is 2.91. The monoisotopic (exact) mass is 334 g/mol. The summed E-state index contributed by atoms with van der Waals surface area (Å²) >= 11 is 0. The van der Waals surface area contributed by atoms with Crippen molar-refractivity contribution in [3.8, 4) is 0 Å². The van der Waals surface area contributed by atoms with Gasteiger partial charge in [0.15, 0.2) is 0 Å². The Kier molecular flexibility index (Phi) is 3.60. The van der Waals surface area contributed by atoms with Crippen molar-refractivity contribution < 1.29 is 0 Å². The van der Waals surface area contributed by atoms with Crippen LogP contribution in [-0.2, 0) is 12.8 Å². The van der Waals surface area contributed by atoms with E-state index in [9.17, 15) is 0 Å². The molecule has 3 aromatic rings. The number of aromatic nitrogens is 2. The lowest BCUT2D eigenvalue weighted by molar-refractivity contribution is 0.359. The summed E-state index contributed by atoms with van der Waals surface area (Å²) in [5, 5.41) is 9.27. The van der Waals surface area contributed by atoms with Crippen LogP contribution in [0, 0.1) is 5.41 Å². The average molecular weight is 334 g/mol. The molecule has 0 saturated carbocycles. The van der Waals surface area contributed by atoms with Crippen LogP contribution < -0.4 is 0 Å². The third-order valence-electron chi connectivity index (χ3n) is 5.04. The van der Waals surface area contributed by atoms with Gasteiger partial charge in [0, 0.05) is 35.9 Å². The van der Waals surface area contributed by atoms with Crippen LogP contribution in [0.25, 0.3) is 21.8 Å². The van der Waals surface area contributed by atoms with Crippen LogP contribution in [0.15, 0.2) is 29.4 Å². The maximum absolute atomic E-state index is 5.12. The molecular formula is C21H26N4. The number of pyridine rings is 1. The highest BCUT2D eigenvalue weighted by atomic mass is 15.4. The summed E-state index contributed by atoms with van der Waals surface area (Å²) in [7, 11) is 3.98. The molecule has 1 N–H and O–H groups in total. The van der Waals surface area contributed by atoms with Gasteiger partial charge < -0.3 is 9.99 Å². The minimum atomic E-state index is 0.180. The van der Waals surface area contributed by atoms with Crippen LogP contribution in [0.3, 0.4) is 0 Å². The number of H-pyrrole nitrogens is 1. The molecule has 1 aliphatic carbocycles. The fourth-order valence-electron chi connectivity index (χ4n) is 4.13. The van der Waals surface area contributed by atoms with Crippen molar-refractivity contribution in [1.82, 2.24) is 15.0 Å². The van der Waals surface area contributed by atoms with Crippen LogP contribution in [0.4, 0.5) is 0 Å². The Morgan fingerprint density at radius 3 is 2.68 bits per heavy atom. The van der Waals surface area contributed by atoms with Gasteiger partial charge in [-0.25, -0.2) is 0 Å². The largest absolute Gasteiger partial charge is 0.354 e. The molecule has 4 rings (SSSR count). The van der Waals surface area contributed by atoms with Crippen LogP contribution in [0.5, 0.6) is 0 Å². The maximum Gasteiger partial charge on any atom is 0.0722 e. The van der Waals surface area contributed by atoms with Crippen molar-refractivity contribution in [1.29, 1.82) is 0 Å². The highest BCUT2D eigenvalue weighted by Crippen LogP contribution is 2.40. The van der Waals surface area contributed by atoms with Gasteiger partial charge in [0.2, 0.25) is 0 Å². The molecular weight excluding hydrogens is 308 g/mol. The van der Waals surface area contributed by atoms with Gasteiger partial charge >= 0.3 is 0 Å². The first kappa shape index (κ1) is 16.1. The lowest BCUT2D eigenvalue weighted by atomic mass is 9.74. The number of hydrazone groups is 1. The first-order valence-corrected chi connectivity index (χ1v) is 9.07. The van der Waals surface area contributed by atoms with Gasteiger partial charge in [-0.3, -0.25) is 4.98 Å². The number of benzene rings is 1. The number of aryl methyl sites for hydroxylation is 1. The molecule has 0 unspecified atom stereocenters. The number of fused-ring (bicyclic) bond motifs is 5. The lowest BCUT2D eigenvalue weighted by Gasteiger charge is -2.32.